The number of benzene rings is 1. The van der Waals surface area contributed by atoms with Crippen molar-refractivity contribution in [1.29, 1.82) is 0 Å². The molecule has 0 saturated heterocycles. The number of hydrogen-bond acceptors (Lipinski definition) is 3. The van der Waals surface area contributed by atoms with Crippen LogP contribution in [0.2, 0.25) is 0 Å². The SMILES string of the molecule is CCN(CCC(=O)OC)C(=O)CCc1ccc(F)c(F)c1. The zero-order chi connectivity index (χ0) is 15.8. The molecule has 1 rings (SSSR count). The Morgan fingerprint density at radius 2 is 1.90 bits per heavy atom. The standard InChI is InChI=1S/C15H19F2NO3/c1-3-18(9-8-15(20)21-2)14(19)7-5-11-4-6-12(16)13(17)10-11/h4,6,10H,3,5,7-9H2,1-2H3. The number of nitrogens with zero attached hydrogens (tertiary/aromatic N) is 1. The lowest BCUT2D eigenvalue weighted by Crippen LogP contribution is -2.33. The number of rotatable bonds is 7. The van der Waals surface area contributed by atoms with Crippen LogP contribution in [0.4, 0.5) is 8.78 Å². The Balaban J connectivity index is 2.50. The lowest BCUT2D eigenvalue weighted by Gasteiger charge is -2.20. The zero-order valence-corrected chi connectivity index (χ0v) is 12.2. The average molecular weight is 299 g/mol. The number of hydrogen-bond donors (Lipinski definition) is 0. The Morgan fingerprint density at radius 3 is 2.48 bits per heavy atom. The largest absolute Gasteiger partial charge is 0.469 e. The maximum absolute atomic E-state index is 13.1. The third kappa shape index (κ3) is 5.49. The Morgan fingerprint density at radius 1 is 1.19 bits per heavy atom. The summed E-state index contributed by atoms with van der Waals surface area (Å²) in [4.78, 5) is 24.6. The van der Waals surface area contributed by atoms with Crippen molar-refractivity contribution in [3.63, 3.8) is 0 Å². The van der Waals surface area contributed by atoms with Gasteiger partial charge in [-0.05, 0) is 31.0 Å². The summed E-state index contributed by atoms with van der Waals surface area (Å²) in [6, 6.07) is 3.59. The fourth-order valence-electron chi connectivity index (χ4n) is 1.89. The predicted molar refractivity (Wildman–Crippen MR) is 73.6 cm³/mol. The van der Waals surface area contributed by atoms with Crippen molar-refractivity contribution in [2.24, 2.45) is 0 Å². The van der Waals surface area contributed by atoms with Gasteiger partial charge in [-0.25, -0.2) is 8.78 Å². The first-order valence-electron chi connectivity index (χ1n) is 6.76. The minimum Gasteiger partial charge on any atom is -0.469 e. The minimum absolute atomic E-state index is 0.133. The molecule has 116 valence electrons. The highest BCUT2D eigenvalue weighted by Gasteiger charge is 2.14. The molecule has 0 aliphatic heterocycles. The van der Waals surface area contributed by atoms with Gasteiger partial charge >= 0.3 is 5.97 Å². The van der Waals surface area contributed by atoms with Gasteiger partial charge < -0.3 is 9.64 Å². The van der Waals surface area contributed by atoms with Crippen molar-refractivity contribution in [3.8, 4) is 0 Å². The Bertz CT molecular complexity index is 506. The Hall–Kier alpha value is -1.98. The number of amides is 1. The molecule has 0 N–H and O–H groups in total. The van der Waals surface area contributed by atoms with Crippen molar-refractivity contribution < 1.29 is 23.1 Å². The predicted octanol–water partition coefficient (Wildman–Crippen LogP) is 2.31. The molecule has 0 aliphatic carbocycles. The third-order valence-electron chi connectivity index (χ3n) is 3.16. The molecule has 4 nitrogen and oxygen atoms in total. The Kier molecular flexibility index (Phi) is 6.78. The molecule has 0 atom stereocenters. The molecule has 21 heavy (non-hydrogen) atoms. The van der Waals surface area contributed by atoms with Crippen LogP contribution in [0.15, 0.2) is 18.2 Å². The second-order valence-electron chi connectivity index (χ2n) is 4.55. The Labute approximate surface area is 122 Å². The van der Waals surface area contributed by atoms with Crippen LogP contribution in [0.5, 0.6) is 0 Å². The lowest BCUT2D eigenvalue weighted by atomic mass is 10.1. The number of halogens is 2. The summed E-state index contributed by atoms with van der Waals surface area (Å²) in [6.45, 7) is 2.58. The van der Waals surface area contributed by atoms with Crippen LogP contribution in [0.1, 0.15) is 25.3 Å². The van der Waals surface area contributed by atoms with E-state index in [4.69, 9.17) is 0 Å². The smallest absolute Gasteiger partial charge is 0.307 e. The maximum Gasteiger partial charge on any atom is 0.307 e. The summed E-state index contributed by atoms with van der Waals surface area (Å²) in [6.07, 6.45) is 0.645. The van der Waals surface area contributed by atoms with Crippen molar-refractivity contribution in [1.82, 2.24) is 4.90 Å². The van der Waals surface area contributed by atoms with Crippen molar-refractivity contribution in [2.45, 2.75) is 26.2 Å². The van der Waals surface area contributed by atoms with E-state index in [0.29, 0.717) is 25.1 Å². The van der Waals surface area contributed by atoms with E-state index >= 15 is 0 Å². The topological polar surface area (TPSA) is 46.6 Å². The molecule has 1 amide bonds. The molecule has 0 radical (unpaired) electrons. The monoisotopic (exact) mass is 299 g/mol. The molecule has 0 spiro atoms. The molecule has 0 saturated carbocycles. The van der Waals surface area contributed by atoms with Crippen LogP contribution >= 0.6 is 0 Å². The number of esters is 1. The molecular formula is C15H19F2NO3. The van der Waals surface area contributed by atoms with Gasteiger partial charge in [-0.15, -0.1) is 0 Å². The van der Waals surface area contributed by atoms with Gasteiger partial charge in [-0.3, -0.25) is 9.59 Å². The zero-order valence-electron chi connectivity index (χ0n) is 12.2. The number of carbonyl (C=O) groups excluding carboxylic acids is 2. The molecule has 1 aromatic rings. The van der Waals surface area contributed by atoms with Crippen LogP contribution in [-0.2, 0) is 20.7 Å². The van der Waals surface area contributed by atoms with E-state index in [1.54, 1.807) is 0 Å². The number of methoxy groups -OCH3 is 1. The molecule has 1 aromatic carbocycles. The number of aryl methyl sites for hydroxylation is 1. The van der Waals surface area contributed by atoms with Gasteiger partial charge in [-0.1, -0.05) is 6.07 Å². The quantitative estimate of drug-likeness (QED) is 0.726. The second kappa shape index (κ2) is 8.34. The van der Waals surface area contributed by atoms with Gasteiger partial charge in [0.05, 0.1) is 13.5 Å². The van der Waals surface area contributed by atoms with Gasteiger partial charge in [0.15, 0.2) is 11.6 Å². The molecule has 6 heteroatoms. The molecule has 0 bridgehead atoms. The highest BCUT2D eigenvalue weighted by molar-refractivity contribution is 5.77. The van der Waals surface area contributed by atoms with E-state index in [2.05, 4.69) is 4.74 Å². The first-order valence-corrected chi connectivity index (χ1v) is 6.76. The summed E-state index contributed by atoms with van der Waals surface area (Å²) in [7, 11) is 1.30. The van der Waals surface area contributed by atoms with Crippen LogP contribution in [0, 0.1) is 11.6 Å². The second-order valence-corrected chi connectivity index (χ2v) is 4.55. The van der Waals surface area contributed by atoms with Gasteiger partial charge in [0, 0.05) is 19.5 Å². The van der Waals surface area contributed by atoms with E-state index in [1.807, 2.05) is 6.92 Å². The molecular weight excluding hydrogens is 280 g/mol. The highest BCUT2D eigenvalue weighted by Crippen LogP contribution is 2.11. The van der Waals surface area contributed by atoms with Crippen molar-refractivity contribution >= 4 is 11.9 Å². The number of ether oxygens (including phenoxy) is 1. The summed E-state index contributed by atoms with van der Waals surface area (Å²) in [5, 5.41) is 0. The fourth-order valence-corrected chi connectivity index (χ4v) is 1.89. The third-order valence-corrected chi connectivity index (χ3v) is 3.16. The molecule has 0 heterocycles. The summed E-state index contributed by atoms with van der Waals surface area (Å²) < 4.78 is 30.4. The van der Waals surface area contributed by atoms with Crippen LogP contribution in [-0.4, -0.2) is 37.0 Å². The van der Waals surface area contributed by atoms with E-state index in [1.165, 1.54) is 18.1 Å². The summed E-state index contributed by atoms with van der Waals surface area (Å²) in [5.41, 5.74) is 0.561. The molecule has 0 fully saturated rings. The number of carbonyl (C=O) groups is 2. The molecule has 0 aromatic heterocycles. The van der Waals surface area contributed by atoms with Crippen LogP contribution in [0.25, 0.3) is 0 Å². The average Bonchev–Trinajstić information content (AvgIpc) is 2.48. The first kappa shape index (κ1) is 17.1. The van der Waals surface area contributed by atoms with Crippen molar-refractivity contribution in [3.05, 3.63) is 35.4 Å². The van der Waals surface area contributed by atoms with E-state index < -0.39 is 11.6 Å². The van der Waals surface area contributed by atoms with E-state index in [-0.39, 0.29) is 24.7 Å². The van der Waals surface area contributed by atoms with Gasteiger partial charge in [0.2, 0.25) is 5.91 Å². The summed E-state index contributed by atoms with van der Waals surface area (Å²) >= 11 is 0. The van der Waals surface area contributed by atoms with Crippen LogP contribution < -0.4 is 0 Å². The van der Waals surface area contributed by atoms with Crippen LogP contribution in [0.3, 0.4) is 0 Å². The maximum atomic E-state index is 13.1. The van der Waals surface area contributed by atoms with Gasteiger partial charge in [0.1, 0.15) is 0 Å². The van der Waals surface area contributed by atoms with Gasteiger partial charge in [-0.2, -0.15) is 0 Å². The van der Waals surface area contributed by atoms with Gasteiger partial charge in [0.25, 0.3) is 0 Å². The first-order chi connectivity index (χ1) is 9.97. The fraction of sp³-hybridized carbons (Fsp3) is 0.467. The lowest BCUT2D eigenvalue weighted by molar-refractivity contribution is -0.141. The minimum atomic E-state index is -0.919. The molecule has 0 unspecified atom stereocenters. The highest BCUT2D eigenvalue weighted by atomic mass is 19.2. The molecule has 0 aliphatic rings. The van der Waals surface area contributed by atoms with E-state index in [0.717, 1.165) is 12.1 Å². The van der Waals surface area contributed by atoms with E-state index in [9.17, 15) is 18.4 Å². The van der Waals surface area contributed by atoms with Crippen molar-refractivity contribution in [2.75, 3.05) is 20.2 Å². The summed E-state index contributed by atoms with van der Waals surface area (Å²) in [5.74, 6) is -2.33. The normalized spacial score (nSPS) is 10.3.